The van der Waals surface area contributed by atoms with Crippen molar-refractivity contribution in [3.63, 3.8) is 0 Å². The van der Waals surface area contributed by atoms with Gasteiger partial charge in [0, 0.05) is 12.1 Å². The third-order valence-electron chi connectivity index (χ3n) is 4.07. The van der Waals surface area contributed by atoms with Gasteiger partial charge in [0.2, 0.25) is 5.91 Å². The van der Waals surface area contributed by atoms with Crippen LogP contribution < -0.4 is 10.0 Å². The fourth-order valence-corrected chi connectivity index (χ4v) is 3.80. The Bertz CT molecular complexity index is 1000. The summed E-state index contributed by atoms with van der Waals surface area (Å²) in [6.45, 7) is 3.39. The molecule has 0 aliphatic carbocycles. The van der Waals surface area contributed by atoms with E-state index in [4.69, 9.17) is 0 Å². The molecule has 2 aromatic carbocycles. The molecule has 1 aliphatic rings. The number of aryl methyl sites for hydroxylation is 1. The Kier molecular flexibility index (Phi) is 4.78. The van der Waals surface area contributed by atoms with Gasteiger partial charge in [-0.2, -0.15) is 0 Å². The lowest BCUT2D eigenvalue weighted by Gasteiger charge is -2.10. The molecule has 26 heavy (non-hydrogen) atoms. The molecule has 0 aromatic heterocycles. The molecule has 2 N–H and O–H groups in total. The van der Waals surface area contributed by atoms with E-state index in [0.717, 1.165) is 0 Å². The van der Waals surface area contributed by atoms with Crippen LogP contribution in [0.15, 0.2) is 52.4 Å². The lowest BCUT2D eigenvalue weighted by Crippen LogP contribution is -2.33. The van der Waals surface area contributed by atoms with Crippen molar-refractivity contribution in [2.75, 3.05) is 0 Å². The van der Waals surface area contributed by atoms with E-state index in [1.807, 2.05) is 0 Å². The van der Waals surface area contributed by atoms with Crippen LogP contribution in [-0.2, 0) is 21.4 Å². The highest BCUT2D eigenvalue weighted by molar-refractivity contribution is 7.90. The number of carbonyl (C=O) groups excluding carboxylic acids is 1. The predicted octanol–water partition coefficient (Wildman–Crippen LogP) is 1.88. The second-order valence-electron chi connectivity index (χ2n) is 6.06. The highest BCUT2D eigenvalue weighted by Gasteiger charge is 2.31. The lowest BCUT2D eigenvalue weighted by atomic mass is 10.1. The van der Waals surface area contributed by atoms with Crippen molar-refractivity contribution in [3.05, 3.63) is 65.0 Å². The van der Waals surface area contributed by atoms with Gasteiger partial charge < -0.3 is 5.32 Å². The average molecular weight is 375 g/mol. The first-order chi connectivity index (χ1) is 12.3. The standard InChI is InChI=1S/C18H18FN3O3S/c1-11-7-8-13(9-15(11)19)10-20-18(23)12(2)21-17-14-5-3-4-6-16(14)26(24,25)22-17/h3-9,12H,10H2,1-2H3,(H,20,23)(H,21,22)/t12-/m1/s1. The van der Waals surface area contributed by atoms with Gasteiger partial charge in [0.25, 0.3) is 10.0 Å². The molecule has 0 fully saturated rings. The summed E-state index contributed by atoms with van der Waals surface area (Å²) in [5.41, 5.74) is 1.60. The number of hydrogen-bond donors (Lipinski definition) is 2. The molecular weight excluding hydrogens is 357 g/mol. The summed E-state index contributed by atoms with van der Waals surface area (Å²) in [6.07, 6.45) is 0. The van der Waals surface area contributed by atoms with Crippen molar-refractivity contribution in [3.8, 4) is 0 Å². The van der Waals surface area contributed by atoms with Crippen LogP contribution in [0.5, 0.6) is 0 Å². The molecule has 8 heteroatoms. The zero-order valence-electron chi connectivity index (χ0n) is 14.3. The first kappa shape index (κ1) is 18.1. The first-order valence-corrected chi connectivity index (χ1v) is 9.49. The van der Waals surface area contributed by atoms with Crippen molar-refractivity contribution in [1.29, 1.82) is 0 Å². The van der Waals surface area contributed by atoms with Gasteiger partial charge in [0.1, 0.15) is 17.7 Å². The molecule has 1 aliphatic heterocycles. The van der Waals surface area contributed by atoms with E-state index in [1.54, 1.807) is 44.2 Å². The molecule has 0 saturated heterocycles. The highest BCUT2D eigenvalue weighted by Crippen LogP contribution is 2.22. The molecular formula is C18H18FN3O3S. The number of rotatable bonds is 4. The quantitative estimate of drug-likeness (QED) is 0.855. The zero-order chi connectivity index (χ0) is 18.9. The third kappa shape index (κ3) is 3.60. The minimum absolute atomic E-state index is 0.140. The Balaban J connectivity index is 1.71. The maximum atomic E-state index is 13.5. The summed E-state index contributed by atoms with van der Waals surface area (Å²) in [6, 6.07) is 10.4. The Morgan fingerprint density at radius 1 is 1.27 bits per heavy atom. The number of nitrogens with zero attached hydrogens (tertiary/aromatic N) is 1. The predicted molar refractivity (Wildman–Crippen MR) is 95.7 cm³/mol. The lowest BCUT2D eigenvalue weighted by molar-refractivity contribution is -0.122. The minimum Gasteiger partial charge on any atom is -0.350 e. The Hall–Kier alpha value is -2.74. The molecule has 0 bridgehead atoms. The van der Waals surface area contributed by atoms with E-state index >= 15 is 0 Å². The highest BCUT2D eigenvalue weighted by atomic mass is 32.2. The summed E-state index contributed by atoms with van der Waals surface area (Å²) < 4.78 is 40.0. The van der Waals surface area contributed by atoms with Gasteiger partial charge in [-0.15, -0.1) is 0 Å². The minimum atomic E-state index is -3.64. The summed E-state index contributed by atoms with van der Waals surface area (Å²) in [5, 5.41) is 2.67. The molecule has 1 atom stereocenters. The van der Waals surface area contributed by atoms with E-state index in [0.29, 0.717) is 16.7 Å². The largest absolute Gasteiger partial charge is 0.350 e. The zero-order valence-corrected chi connectivity index (χ0v) is 15.1. The molecule has 0 saturated carbocycles. The SMILES string of the molecule is Cc1ccc(CNC(=O)[C@@H](C)N=C2NS(=O)(=O)c3ccccc32)cc1F. The van der Waals surface area contributed by atoms with Crippen molar-refractivity contribution < 1.29 is 17.6 Å². The van der Waals surface area contributed by atoms with Gasteiger partial charge in [-0.05, 0) is 43.2 Å². The van der Waals surface area contributed by atoms with Crippen LogP contribution in [-0.4, -0.2) is 26.2 Å². The maximum absolute atomic E-state index is 13.5. The van der Waals surface area contributed by atoms with Crippen LogP contribution >= 0.6 is 0 Å². The van der Waals surface area contributed by atoms with Crippen LogP contribution in [0.3, 0.4) is 0 Å². The first-order valence-electron chi connectivity index (χ1n) is 8.01. The van der Waals surface area contributed by atoms with Gasteiger partial charge in [-0.25, -0.2) is 12.8 Å². The van der Waals surface area contributed by atoms with Crippen LogP contribution in [0.2, 0.25) is 0 Å². The molecule has 2 aromatic rings. The van der Waals surface area contributed by atoms with E-state index < -0.39 is 16.1 Å². The molecule has 1 amide bonds. The fraction of sp³-hybridized carbons (Fsp3) is 0.222. The number of amides is 1. The van der Waals surface area contributed by atoms with Crippen LogP contribution in [0.25, 0.3) is 0 Å². The summed E-state index contributed by atoms with van der Waals surface area (Å²) in [5.74, 6) is -0.575. The monoisotopic (exact) mass is 375 g/mol. The fourth-order valence-electron chi connectivity index (χ4n) is 2.57. The number of carbonyl (C=O) groups is 1. The molecule has 136 valence electrons. The van der Waals surface area contributed by atoms with Gasteiger partial charge in [0.05, 0.1) is 4.90 Å². The van der Waals surface area contributed by atoms with Crippen LogP contribution in [0, 0.1) is 12.7 Å². The number of fused-ring (bicyclic) bond motifs is 1. The Labute approximate surface area is 151 Å². The summed E-state index contributed by atoms with van der Waals surface area (Å²) >= 11 is 0. The normalized spacial score (nSPS) is 17.4. The smallest absolute Gasteiger partial charge is 0.263 e. The number of nitrogens with one attached hydrogen (secondary N) is 2. The molecule has 6 nitrogen and oxygen atoms in total. The van der Waals surface area contributed by atoms with Crippen molar-refractivity contribution in [1.82, 2.24) is 10.0 Å². The second-order valence-corrected chi connectivity index (χ2v) is 7.71. The van der Waals surface area contributed by atoms with Crippen molar-refractivity contribution >= 4 is 21.8 Å². The number of benzene rings is 2. The van der Waals surface area contributed by atoms with Gasteiger partial charge in [-0.3, -0.25) is 14.5 Å². The van der Waals surface area contributed by atoms with E-state index in [9.17, 15) is 17.6 Å². The summed E-state index contributed by atoms with van der Waals surface area (Å²) in [7, 11) is -3.64. The second kappa shape index (κ2) is 6.87. The average Bonchev–Trinajstić information content (AvgIpc) is 2.86. The topological polar surface area (TPSA) is 87.6 Å². The van der Waals surface area contributed by atoms with Crippen molar-refractivity contribution in [2.24, 2.45) is 4.99 Å². The summed E-state index contributed by atoms with van der Waals surface area (Å²) in [4.78, 5) is 16.6. The van der Waals surface area contributed by atoms with E-state index in [-0.39, 0.29) is 29.0 Å². The number of amidine groups is 1. The third-order valence-corrected chi connectivity index (χ3v) is 5.47. The van der Waals surface area contributed by atoms with Crippen LogP contribution in [0.1, 0.15) is 23.6 Å². The molecule has 3 rings (SSSR count). The molecule has 1 heterocycles. The van der Waals surface area contributed by atoms with Gasteiger partial charge in [-0.1, -0.05) is 24.3 Å². The number of halogens is 1. The van der Waals surface area contributed by atoms with E-state index in [2.05, 4.69) is 15.0 Å². The van der Waals surface area contributed by atoms with Crippen molar-refractivity contribution in [2.45, 2.75) is 31.3 Å². The number of hydrogen-bond acceptors (Lipinski definition) is 4. The molecule has 0 unspecified atom stereocenters. The molecule has 0 spiro atoms. The number of sulfonamides is 1. The molecule has 0 radical (unpaired) electrons. The van der Waals surface area contributed by atoms with Gasteiger partial charge >= 0.3 is 0 Å². The van der Waals surface area contributed by atoms with Gasteiger partial charge in [0.15, 0.2) is 0 Å². The number of aliphatic imine (C=N–C) groups is 1. The van der Waals surface area contributed by atoms with Crippen LogP contribution in [0.4, 0.5) is 4.39 Å². The Morgan fingerprint density at radius 3 is 2.73 bits per heavy atom. The Morgan fingerprint density at radius 2 is 2.00 bits per heavy atom. The maximum Gasteiger partial charge on any atom is 0.263 e. The van der Waals surface area contributed by atoms with E-state index in [1.165, 1.54) is 12.1 Å².